The summed E-state index contributed by atoms with van der Waals surface area (Å²) in [5.41, 5.74) is 1.10. The van der Waals surface area contributed by atoms with Crippen LogP contribution >= 0.6 is 0 Å². The second kappa shape index (κ2) is 7.10. The van der Waals surface area contributed by atoms with Gasteiger partial charge in [-0.05, 0) is 49.8 Å². The Morgan fingerprint density at radius 2 is 2.04 bits per heavy atom. The summed E-state index contributed by atoms with van der Waals surface area (Å²) < 4.78 is 1.78. The average Bonchev–Trinajstić information content (AvgIpc) is 3.41. The number of hydrogen-bond donors (Lipinski definition) is 2. The van der Waals surface area contributed by atoms with Gasteiger partial charge in [0.15, 0.2) is 0 Å². The van der Waals surface area contributed by atoms with E-state index in [0.717, 1.165) is 29.0 Å². The van der Waals surface area contributed by atoms with Gasteiger partial charge >= 0.3 is 6.03 Å². The number of para-hydroxylation sites is 1. The smallest absolute Gasteiger partial charge is 0.325 e. The molecule has 2 fully saturated rings. The fraction of sp³-hybridized carbons (Fsp3) is 0.400. The van der Waals surface area contributed by atoms with Gasteiger partial charge in [0.1, 0.15) is 12.1 Å². The zero-order chi connectivity index (χ0) is 19.7. The van der Waals surface area contributed by atoms with E-state index in [0.29, 0.717) is 13.0 Å². The first kappa shape index (κ1) is 18.2. The van der Waals surface area contributed by atoms with Crippen LogP contribution in [0.2, 0.25) is 0 Å². The molecule has 2 aromatic rings. The van der Waals surface area contributed by atoms with Gasteiger partial charge in [0.05, 0.1) is 11.9 Å². The van der Waals surface area contributed by atoms with Crippen molar-refractivity contribution in [1.29, 1.82) is 0 Å². The molecule has 1 atom stereocenters. The van der Waals surface area contributed by atoms with E-state index in [1.165, 1.54) is 0 Å². The van der Waals surface area contributed by atoms with Crippen LogP contribution < -0.4 is 10.6 Å². The van der Waals surface area contributed by atoms with Crippen molar-refractivity contribution in [2.75, 3.05) is 13.1 Å². The molecule has 28 heavy (non-hydrogen) atoms. The Bertz CT molecular complexity index is 906. The largest absolute Gasteiger partial charge is 0.354 e. The fourth-order valence-electron chi connectivity index (χ4n) is 3.55. The molecule has 1 saturated carbocycles. The number of amides is 4. The lowest BCUT2D eigenvalue weighted by molar-refractivity contribution is -0.135. The van der Waals surface area contributed by atoms with E-state index in [-0.39, 0.29) is 24.3 Å². The molecule has 0 spiro atoms. The van der Waals surface area contributed by atoms with Crippen LogP contribution in [0.25, 0.3) is 5.69 Å². The summed E-state index contributed by atoms with van der Waals surface area (Å²) >= 11 is 0. The second-order valence-electron chi connectivity index (χ2n) is 7.53. The van der Waals surface area contributed by atoms with Gasteiger partial charge in [-0.3, -0.25) is 14.5 Å². The number of aromatic nitrogens is 2. The van der Waals surface area contributed by atoms with E-state index >= 15 is 0 Å². The van der Waals surface area contributed by atoms with Gasteiger partial charge in [0.2, 0.25) is 5.91 Å². The van der Waals surface area contributed by atoms with E-state index < -0.39 is 11.6 Å². The fourth-order valence-corrected chi connectivity index (χ4v) is 3.55. The van der Waals surface area contributed by atoms with Crippen molar-refractivity contribution < 1.29 is 14.4 Å². The first-order chi connectivity index (χ1) is 13.5. The van der Waals surface area contributed by atoms with Crippen LogP contribution in [-0.4, -0.2) is 51.2 Å². The molecule has 0 unspecified atom stereocenters. The molecule has 0 radical (unpaired) electrons. The molecule has 8 heteroatoms. The SMILES string of the molecule is C[C@@]1(C2CC2)NC(=O)N(CC(=O)NCCc2cnn(-c3ccccc3)c2)C1=O. The molecular formula is C20H23N5O3. The molecule has 1 aromatic heterocycles. The zero-order valence-corrected chi connectivity index (χ0v) is 15.7. The van der Waals surface area contributed by atoms with Crippen LogP contribution in [0, 0.1) is 5.92 Å². The molecule has 2 aliphatic rings. The number of rotatable bonds is 7. The number of imide groups is 1. The first-order valence-corrected chi connectivity index (χ1v) is 9.47. The van der Waals surface area contributed by atoms with Crippen LogP contribution in [-0.2, 0) is 16.0 Å². The van der Waals surface area contributed by atoms with Crippen molar-refractivity contribution in [1.82, 2.24) is 25.3 Å². The molecule has 1 aromatic carbocycles. The van der Waals surface area contributed by atoms with Gasteiger partial charge in [0.25, 0.3) is 5.91 Å². The highest BCUT2D eigenvalue weighted by Crippen LogP contribution is 2.42. The van der Waals surface area contributed by atoms with Gasteiger partial charge in [-0.2, -0.15) is 5.10 Å². The van der Waals surface area contributed by atoms with Crippen molar-refractivity contribution in [2.24, 2.45) is 5.92 Å². The van der Waals surface area contributed by atoms with Crippen molar-refractivity contribution in [3.05, 3.63) is 48.3 Å². The molecule has 1 saturated heterocycles. The van der Waals surface area contributed by atoms with E-state index in [4.69, 9.17) is 0 Å². The summed E-state index contributed by atoms with van der Waals surface area (Å²) in [6.07, 6.45) is 6.15. The number of benzene rings is 1. The van der Waals surface area contributed by atoms with E-state index in [2.05, 4.69) is 15.7 Å². The molecule has 1 aliphatic carbocycles. The lowest BCUT2D eigenvalue weighted by Gasteiger charge is -2.20. The number of carbonyl (C=O) groups excluding carboxylic acids is 3. The highest BCUT2D eigenvalue weighted by atomic mass is 16.2. The standard InChI is InChI=1S/C20H23N5O3/c1-20(15-7-8-15)18(27)24(19(28)23-20)13-17(26)21-10-9-14-11-22-25(12-14)16-5-3-2-4-6-16/h2-6,11-12,15H,7-10,13H2,1H3,(H,21,26)(H,23,28)/t20-/m0/s1. The third-order valence-electron chi connectivity index (χ3n) is 5.39. The first-order valence-electron chi connectivity index (χ1n) is 9.47. The van der Waals surface area contributed by atoms with Crippen molar-refractivity contribution in [3.63, 3.8) is 0 Å². The molecule has 2 N–H and O–H groups in total. The zero-order valence-electron chi connectivity index (χ0n) is 15.7. The number of nitrogens with one attached hydrogen (secondary N) is 2. The van der Waals surface area contributed by atoms with Gasteiger partial charge in [-0.1, -0.05) is 18.2 Å². The third kappa shape index (κ3) is 3.49. The lowest BCUT2D eigenvalue weighted by Crippen LogP contribution is -2.47. The molecule has 8 nitrogen and oxygen atoms in total. The van der Waals surface area contributed by atoms with Crippen LogP contribution in [0.4, 0.5) is 4.79 Å². The lowest BCUT2D eigenvalue weighted by atomic mass is 9.96. The summed E-state index contributed by atoms with van der Waals surface area (Å²) in [5, 5.41) is 9.84. The Kier molecular flexibility index (Phi) is 4.62. The molecule has 0 bridgehead atoms. The molecule has 2 heterocycles. The quantitative estimate of drug-likeness (QED) is 0.706. The van der Waals surface area contributed by atoms with Crippen LogP contribution in [0.5, 0.6) is 0 Å². The third-order valence-corrected chi connectivity index (χ3v) is 5.39. The van der Waals surface area contributed by atoms with Gasteiger partial charge in [-0.15, -0.1) is 0 Å². The maximum atomic E-state index is 12.5. The molecular weight excluding hydrogens is 358 g/mol. The second-order valence-corrected chi connectivity index (χ2v) is 7.53. The Hall–Kier alpha value is -3.16. The van der Waals surface area contributed by atoms with Gasteiger partial charge < -0.3 is 10.6 Å². The van der Waals surface area contributed by atoms with Gasteiger partial charge in [0, 0.05) is 12.7 Å². The van der Waals surface area contributed by atoms with Crippen LogP contribution in [0.15, 0.2) is 42.7 Å². The summed E-state index contributed by atoms with van der Waals surface area (Å²) in [7, 11) is 0. The average molecular weight is 381 g/mol. The minimum Gasteiger partial charge on any atom is -0.354 e. The monoisotopic (exact) mass is 381 g/mol. The molecule has 4 rings (SSSR count). The number of urea groups is 1. The van der Waals surface area contributed by atoms with Crippen molar-refractivity contribution in [2.45, 2.75) is 31.7 Å². The van der Waals surface area contributed by atoms with Crippen molar-refractivity contribution >= 4 is 17.8 Å². The minimum absolute atomic E-state index is 0.179. The predicted octanol–water partition coefficient (Wildman–Crippen LogP) is 1.25. The van der Waals surface area contributed by atoms with Gasteiger partial charge in [-0.25, -0.2) is 9.48 Å². The number of nitrogens with zero attached hydrogens (tertiary/aromatic N) is 3. The Morgan fingerprint density at radius 1 is 1.29 bits per heavy atom. The molecule has 4 amide bonds. The predicted molar refractivity (Wildman–Crippen MR) is 102 cm³/mol. The van der Waals surface area contributed by atoms with E-state index in [1.807, 2.05) is 36.5 Å². The van der Waals surface area contributed by atoms with Crippen molar-refractivity contribution in [3.8, 4) is 5.69 Å². The highest BCUT2D eigenvalue weighted by molar-refractivity contribution is 6.09. The molecule has 1 aliphatic heterocycles. The summed E-state index contributed by atoms with van der Waals surface area (Å²) in [6, 6.07) is 9.28. The minimum atomic E-state index is -0.858. The Labute approximate surface area is 162 Å². The van der Waals surface area contributed by atoms with E-state index in [1.54, 1.807) is 17.8 Å². The Morgan fingerprint density at radius 3 is 2.75 bits per heavy atom. The normalized spacial score (nSPS) is 21.7. The number of carbonyl (C=O) groups is 3. The summed E-state index contributed by atoms with van der Waals surface area (Å²) in [4.78, 5) is 37.9. The Balaban J connectivity index is 1.27. The van der Waals surface area contributed by atoms with Crippen LogP contribution in [0.1, 0.15) is 25.3 Å². The maximum Gasteiger partial charge on any atom is 0.325 e. The summed E-state index contributed by atoms with van der Waals surface area (Å²) in [6.45, 7) is 1.90. The number of hydrogen-bond acceptors (Lipinski definition) is 4. The van der Waals surface area contributed by atoms with Crippen LogP contribution in [0.3, 0.4) is 0 Å². The van der Waals surface area contributed by atoms with E-state index in [9.17, 15) is 14.4 Å². The molecule has 146 valence electrons. The summed E-state index contributed by atoms with van der Waals surface area (Å²) in [5.74, 6) is -0.476. The topological polar surface area (TPSA) is 96.3 Å². The highest BCUT2D eigenvalue weighted by Gasteiger charge is 2.56. The maximum absolute atomic E-state index is 12.5.